The van der Waals surface area contributed by atoms with Crippen LogP contribution in [0.5, 0.6) is 0 Å². The van der Waals surface area contributed by atoms with E-state index in [4.69, 9.17) is 10.2 Å². The third kappa shape index (κ3) is 1.96. The van der Waals surface area contributed by atoms with Gasteiger partial charge in [0.05, 0.1) is 0 Å². The SMILES string of the molecule is O=C(O)C1CCCC(O)(C(=O)O)O1. The smallest absolute Gasteiger partial charge is 0.364 e. The van der Waals surface area contributed by atoms with E-state index in [0.29, 0.717) is 6.42 Å². The minimum Gasteiger partial charge on any atom is -0.479 e. The van der Waals surface area contributed by atoms with E-state index in [1.807, 2.05) is 0 Å². The topological polar surface area (TPSA) is 104 Å². The highest BCUT2D eigenvalue weighted by atomic mass is 16.7. The van der Waals surface area contributed by atoms with Gasteiger partial charge in [-0.3, -0.25) is 0 Å². The maximum Gasteiger partial charge on any atom is 0.364 e. The van der Waals surface area contributed by atoms with E-state index < -0.39 is 23.8 Å². The molecule has 6 nitrogen and oxygen atoms in total. The van der Waals surface area contributed by atoms with Crippen molar-refractivity contribution >= 4 is 11.9 Å². The minimum atomic E-state index is -2.33. The van der Waals surface area contributed by atoms with Gasteiger partial charge in [-0.2, -0.15) is 0 Å². The largest absolute Gasteiger partial charge is 0.479 e. The summed E-state index contributed by atoms with van der Waals surface area (Å²) in [4.78, 5) is 20.9. The molecule has 0 aromatic rings. The molecule has 1 rings (SSSR count). The summed E-state index contributed by atoms with van der Waals surface area (Å²) in [5.74, 6) is -5.13. The number of carboxylic acid groups (broad SMARTS) is 2. The van der Waals surface area contributed by atoms with Crippen LogP contribution in [0.3, 0.4) is 0 Å². The molecule has 0 aliphatic carbocycles. The monoisotopic (exact) mass is 190 g/mol. The van der Waals surface area contributed by atoms with Crippen LogP contribution in [-0.2, 0) is 14.3 Å². The van der Waals surface area contributed by atoms with Crippen LogP contribution >= 0.6 is 0 Å². The molecule has 1 fully saturated rings. The average Bonchev–Trinajstić information content (AvgIpc) is 2.04. The molecule has 13 heavy (non-hydrogen) atoms. The predicted octanol–water partition coefficient (Wildman–Crippen LogP) is -0.587. The van der Waals surface area contributed by atoms with Gasteiger partial charge in [0.2, 0.25) is 0 Å². The molecule has 6 heteroatoms. The number of aliphatic hydroxyl groups is 1. The molecule has 0 aromatic heterocycles. The quantitative estimate of drug-likeness (QED) is 0.537. The van der Waals surface area contributed by atoms with Crippen LogP contribution in [0.25, 0.3) is 0 Å². The van der Waals surface area contributed by atoms with Gasteiger partial charge in [0.1, 0.15) is 0 Å². The Balaban J connectivity index is 2.71. The first-order valence-electron chi connectivity index (χ1n) is 3.82. The fraction of sp³-hybridized carbons (Fsp3) is 0.714. The summed E-state index contributed by atoms with van der Waals surface area (Å²) >= 11 is 0. The van der Waals surface area contributed by atoms with Gasteiger partial charge < -0.3 is 20.1 Å². The highest BCUT2D eigenvalue weighted by Gasteiger charge is 2.44. The summed E-state index contributed by atoms with van der Waals surface area (Å²) in [5, 5.41) is 26.3. The molecular weight excluding hydrogens is 180 g/mol. The van der Waals surface area contributed by atoms with Gasteiger partial charge in [-0.15, -0.1) is 0 Å². The summed E-state index contributed by atoms with van der Waals surface area (Å²) < 4.78 is 4.55. The number of carboxylic acids is 2. The normalized spacial score (nSPS) is 34.1. The first-order chi connectivity index (χ1) is 5.96. The lowest BCUT2D eigenvalue weighted by molar-refractivity contribution is -0.256. The third-order valence-electron chi connectivity index (χ3n) is 1.93. The second-order valence-electron chi connectivity index (χ2n) is 2.93. The van der Waals surface area contributed by atoms with Gasteiger partial charge in [-0.05, 0) is 12.8 Å². The first-order valence-corrected chi connectivity index (χ1v) is 3.82. The number of hydrogen-bond donors (Lipinski definition) is 3. The summed E-state index contributed by atoms with van der Waals surface area (Å²) in [7, 11) is 0. The van der Waals surface area contributed by atoms with Crippen molar-refractivity contribution in [2.45, 2.75) is 31.2 Å². The molecular formula is C7H10O6. The van der Waals surface area contributed by atoms with E-state index in [0.717, 1.165) is 0 Å². The minimum absolute atomic E-state index is 0.0773. The van der Waals surface area contributed by atoms with E-state index in [1.54, 1.807) is 0 Å². The lowest BCUT2D eigenvalue weighted by Crippen LogP contribution is -2.49. The zero-order valence-corrected chi connectivity index (χ0v) is 6.77. The molecule has 1 aliphatic heterocycles. The van der Waals surface area contributed by atoms with Crippen LogP contribution in [0, 0.1) is 0 Å². The van der Waals surface area contributed by atoms with Crippen LogP contribution in [-0.4, -0.2) is 39.1 Å². The lowest BCUT2D eigenvalue weighted by Gasteiger charge is -2.31. The molecule has 1 saturated heterocycles. The van der Waals surface area contributed by atoms with Crippen molar-refractivity contribution < 1.29 is 29.6 Å². The molecule has 0 aromatic carbocycles. The number of carbonyl (C=O) groups is 2. The predicted molar refractivity (Wildman–Crippen MR) is 38.9 cm³/mol. The van der Waals surface area contributed by atoms with Crippen molar-refractivity contribution in [3.05, 3.63) is 0 Å². The molecule has 2 atom stereocenters. The maximum absolute atomic E-state index is 10.5. The Bertz CT molecular complexity index is 237. The Kier molecular flexibility index (Phi) is 2.53. The molecule has 0 spiro atoms. The fourth-order valence-electron chi connectivity index (χ4n) is 1.21. The third-order valence-corrected chi connectivity index (χ3v) is 1.93. The zero-order chi connectivity index (χ0) is 10.1. The van der Waals surface area contributed by atoms with E-state index in [1.165, 1.54) is 0 Å². The molecule has 3 N–H and O–H groups in total. The van der Waals surface area contributed by atoms with Gasteiger partial charge in [0.25, 0.3) is 5.79 Å². The van der Waals surface area contributed by atoms with Gasteiger partial charge in [0.15, 0.2) is 6.10 Å². The Morgan fingerprint density at radius 2 is 2.00 bits per heavy atom. The van der Waals surface area contributed by atoms with Crippen molar-refractivity contribution in [2.24, 2.45) is 0 Å². The van der Waals surface area contributed by atoms with Gasteiger partial charge in [0, 0.05) is 6.42 Å². The molecule has 1 heterocycles. The molecule has 2 unspecified atom stereocenters. The molecule has 0 saturated carbocycles. The summed E-state index contributed by atoms with van der Waals surface area (Å²) in [6.45, 7) is 0. The molecule has 74 valence electrons. The van der Waals surface area contributed by atoms with Crippen LogP contribution in [0.4, 0.5) is 0 Å². The van der Waals surface area contributed by atoms with Crippen molar-refractivity contribution in [3.8, 4) is 0 Å². The van der Waals surface area contributed by atoms with Crippen LogP contribution in [0.2, 0.25) is 0 Å². The molecule has 0 amide bonds. The van der Waals surface area contributed by atoms with Crippen molar-refractivity contribution in [1.82, 2.24) is 0 Å². The van der Waals surface area contributed by atoms with E-state index in [9.17, 15) is 14.7 Å². The number of hydrogen-bond acceptors (Lipinski definition) is 4. The first kappa shape index (κ1) is 9.94. The second-order valence-corrected chi connectivity index (χ2v) is 2.93. The van der Waals surface area contributed by atoms with E-state index in [-0.39, 0.29) is 12.8 Å². The van der Waals surface area contributed by atoms with E-state index >= 15 is 0 Å². The van der Waals surface area contributed by atoms with Crippen molar-refractivity contribution in [1.29, 1.82) is 0 Å². The average molecular weight is 190 g/mol. The molecule has 1 aliphatic rings. The Labute approximate surface area is 73.7 Å². The molecule has 0 radical (unpaired) electrons. The number of ether oxygens (including phenoxy) is 1. The maximum atomic E-state index is 10.5. The summed E-state index contributed by atoms with van der Waals surface area (Å²) in [6.07, 6.45) is -0.758. The van der Waals surface area contributed by atoms with Gasteiger partial charge in [-0.25, -0.2) is 9.59 Å². The highest BCUT2D eigenvalue weighted by Crippen LogP contribution is 2.26. The van der Waals surface area contributed by atoms with Gasteiger partial charge >= 0.3 is 11.9 Å². The number of rotatable bonds is 2. The number of aliphatic carboxylic acids is 2. The van der Waals surface area contributed by atoms with E-state index in [2.05, 4.69) is 4.74 Å². The second kappa shape index (κ2) is 3.31. The van der Waals surface area contributed by atoms with Crippen LogP contribution in [0.1, 0.15) is 19.3 Å². The lowest BCUT2D eigenvalue weighted by atomic mass is 10.0. The van der Waals surface area contributed by atoms with Crippen molar-refractivity contribution in [2.75, 3.05) is 0 Å². The Morgan fingerprint density at radius 1 is 1.38 bits per heavy atom. The Hall–Kier alpha value is -1.14. The van der Waals surface area contributed by atoms with Gasteiger partial charge in [-0.1, -0.05) is 0 Å². The summed E-state index contributed by atoms with van der Waals surface area (Å²) in [5.41, 5.74) is 0. The van der Waals surface area contributed by atoms with Crippen LogP contribution < -0.4 is 0 Å². The Morgan fingerprint density at radius 3 is 2.46 bits per heavy atom. The zero-order valence-electron chi connectivity index (χ0n) is 6.77. The fourth-order valence-corrected chi connectivity index (χ4v) is 1.21. The standard InChI is InChI=1S/C7H10O6/c8-5(9)4-2-1-3-7(12,13-4)6(10)11/h4,12H,1-3H2,(H,8,9)(H,10,11). The van der Waals surface area contributed by atoms with Crippen molar-refractivity contribution in [3.63, 3.8) is 0 Å². The molecule has 0 bridgehead atoms. The van der Waals surface area contributed by atoms with Crippen LogP contribution in [0.15, 0.2) is 0 Å². The summed E-state index contributed by atoms with van der Waals surface area (Å²) in [6, 6.07) is 0. The highest BCUT2D eigenvalue weighted by molar-refractivity contribution is 5.77.